The van der Waals surface area contributed by atoms with Crippen LogP contribution in [0.1, 0.15) is 18.9 Å². The molecule has 0 spiro atoms. The van der Waals surface area contributed by atoms with E-state index in [9.17, 15) is 9.59 Å². The minimum atomic E-state index is -0.504. The van der Waals surface area contributed by atoms with Gasteiger partial charge in [0.05, 0.1) is 6.42 Å². The Labute approximate surface area is 115 Å². The summed E-state index contributed by atoms with van der Waals surface area (Å²) in [6.45, 7) is 2.07. The molecule has 0 aliphatic carbocycles. The first-order chi connectivity index (χ1) is 9.08. The molecule has 1 atom stereocenters. The molecule has 3 N–H and O–H groups in total. The topological polar surface area (TPSA) is 84.5 Å². The lowest BCUT2D eigenvalue weighted by atomic mass is 10.1. The number of benzene rings is 1. The second-order valence-corrected chi connectivity index (χ2v) is 5.42. The van der Waals surface area contributed by atoms with Crippen molar-refractivity contribution in [2.75, 3.05) is 5.32 Å². The van der Waals surface area contributed by atoms with E-state index in [1.807, 2.05) is 24.3 Å². The predicted octanol–water partition coefficient (Wildman–Crippen LogP) is 1.53. The quantitative estimate of drug-likeness (QED) is 0.877. The van der Waals surface area contributed by atoms with Crippen LogP contribution in [0.3, 0.4) is 0 Å². The smallest absolute Gasteiger partial charge is 0.249 e. The summed E-state index contributed by atoms with van der Waals surface area (Å²) >= 11 is 1.12. The molecule has 1 aliphatic rings. The molecule has 0 saturated carbocycles. The van der Waals surface area contributed by atoms with E-state index in [-0.39, 0.29) is 23.4 Å². The van der Waals surface area contributed by atoms with Gasteiger partial charge in [-0.05, 0) is 24.1 Å². The van der Waals surface area contributed by atoms with Gasteiger partial charge in [-0.25, -0.2) is 0 Å². The van der Waals surface area contributed by atoms with Crippen molar-refractivity contribution >= 4 is 34.4 Å². The summed E-state index contributed by atoms with van der Waals surface area (Å²) in [5.74, 6) is -0.571. The third kappa shape index (κ3) is 3.57. The third-order valence-corrected chi connectivity index (χ3v) is 3.78. The zero-order chi connectivity index (χ0) is 13.8. The fourth-order valence-corrected chi connectivity index (χ4v) is 2.57. The van der Waals surface area contributed by atoms with Crippen LogP contribution in [0.15, 0.2) is 29.3 Å². The lowest BCUT2D eigenvalue weighted by Gasteiger charge is -2.17. The Kier molecular flexibility index (Phi) is 4.21. The van der Waals surface area contributed by atoms with Gasteiger partial charge >= 0.3 is 0 Å². The van der Waals surface area contributed by atoms with E-state index >= 15 is 0 Å². The van der Waals surface area contributed by atoms with Crippen LogP contribution in [0.2, 0.25) is 0 Å². The van der Waals surface area contributed by atoms with E-state index in [0.717, 1.165) is 23.9 Å². The van der Waals surface area contributed by atoms with Crippen molar-refractivity contribution in [1.82, 2.24) is 0 Å². The van der Waals surface area contributed by atoms with E-state index < -0.39 is 5.25 Å². The highest BCUT2D eigenvalue weighted by atomic mass is 32.2. The zero-order valence-electron chi connectivity index (χ0n) is 10.6. The molecule has 6 heteroatoms. The molecule has 0 unspecified atom stereocenters. The Morgan fingerprint density at radius 2 is 2.16 bits per heavy atom. The SMILES string of the molecule is CCc1ccc(NC(=O)[C@H]2CC(=O)N=C(N)S2)cc1. The first-order valence-electron chi connectivity index (χ1n) is 6.02. The minimum Gasteiger partial charge on any atom is -0.378 e. The second-order valence-electron chi connectivity index (χ2n) is 4.19. The molecule has 19 heavy (non-hydrogen) atoms. The number of anilines is 1. The van der Waals surface area contributed by atoms with Gasteiger partial charge in [0.15, 0.2) is 5.17 Å². The molecule has 1 aliphatic heterocycles. The Morgan fingerprint density at radius 1 is 1.47 bits per heavy atom. The predicted molar refractivity (Wildman–Crippen MR) is 77.1 cm³/mol. The number of hydrogen-bond donors (Lipinski definition) is 2. The van der Waals surface area contributed by atoms with Gasteiger partial charge in [0.2, 0.25) is 11.8 Å². The monoisotopic (exact) mass is 277 g/mol. The maximum Gasteiger partial charge on any atom is 0.249 e. The van der Waals surface area contributed by atoms with Crippen LogP contribution in [0, 0.1) is 0 Å². The summed E-state index contributed by atoms with van der Waals surface area (Å²) in [7, 11) is 0. The minimum absolute atomic E-state index is 0.0875. The van der Waals surface area contributed by atoms with Crippen LogP contribution in [0.4, 0.5) is 5.69 Å². The fraction of sp³-hybridized carbons (Fsp3) is 0.308. The van der Waals surface area contributed by atoms with Gasteiger partial charge in [0.25, 0.3) is 0 Å². The van der Waals surface area contributed by atoms with Gasteiger partial charge in [-0.1, -0.05) is 30.8 Å². The summed E-state index contributed by atoms with van der Waals surface area (Å²) in [5.41, 5.74) is 7.42. The number of carbonyl (C=O) groups is 2. The standard InChI is InChI=1S/C13H15N3O2S/c1-2-8-3-5-9(6-4-8)15-12(18)10-7-11(17)16-13(14)19-10/h3-6,10H,2,7H2,1H3,(H,15,18)(H2,14,16,17)/t10-/m1/s1. The number of rotatable bonds is 3. The van der Waals surface area contributed by atoms with Gasteiger partial charge in [-0.2, -0.15) is 4.99 Å². The molecule has 100 valence electrons. The highest BCUT2D eigenvalue weighted by Gasteiger charge is 2.27. The van der Waals surface area contributed by atoms with Gasteiger partial charge in [-0.15, -0.1) is 0 Å². The van der Waals surface area contributed by atoms with Gasteiger partial charge in [0, 0.05) is 5.69 Å². The lowest BCUT2D eigenvalue weighted by molar-refractivity contribution is -0.121. The Morgan fingerprint density at radius 3 is 2.74 bits per heavy atom. The number of nitrogens with two attached hydrogens (primary N) is 1. The van der Waals surface area contributed by atoms with Crippen LogP contribution in [0.25, 0.3) is 0 Å². The van der Waals surface area contributed by atoms with Crippen molar-refractivity contribution in [1.29, 1.82) is 0 Å². The van der Waals surface area contributed by atoms with Crippen molar-refractivity contribution in [3.8, 4) is 0 Å². The first kappa shape index (κ1) is 13.6. The third-order valence-electron chi connectivity index (χ3n) is 2.78. The van der Waals surface area contributed by atoms with Gasteiger partial charge in [-0.3, -0.25) is 9.59 Å². The molecule has 0 saturated heterocycles. The van der Waals surface area contributed by atoms with Crippen molar-refractivity contribution < 1.29 is 9.59 Å². The molecule has 0 radical (unpaired) electrons. The van der Waals surface area contributed by atoms with E-state index in [1.54, 1.807) is 0 Å². The number of amides is 2. The highest BCUT2D eigenvalue weighted by molar-refractivity contribution is 8.15. The number of nitrogens with zero attached hydrogens (tertiary/aromatic N) is 1. The van der Waals surface area contributed by atoms with E-state index in [2.05, 4.69) is 17.2 Å². The Balaban J connectivity index is 2.00. The number of carbonyl (C=O) groups excluding carboxylic acids is 2. The normalized spacial score (nSPS) is 18.9. The van der Waals surface area contributed by atoms with Crippen molar-refractivity contribution in [3.63, 3.8) is 0 Å². The van der Waals surface area contributed by atoms with E-state index in [0.29, 0.717) is 0 Å². The Bertz CT molecular complexity index is 525. The number of aryl methyl sites for hydroxylation is 1. The summed E-state index contributed by atoms with van der Waals surface area (Å²) in [4.78, 5) is 26.9. The molecule has 0 fully saturated rings. The van der Waals surface area contributed by atoms with Crippen LogP contribution >= 0.6 is 11.8 Å². The molecular formula is C13H15N3O2S. The molecule has 0 bridgehead atoms. The zero-order valence-corrected chi connectivity index (χ0v) is 11.4. The first-order valence-corrected chi connectivity index (χ1v) is 6.90. The summed E-state index contributed by atoms with van der Waals surface area (Å²) in [5, 5.41) is 2.43. The molecule has 2 rings (SSSR count). The van der Waals surface area contributed by atoms with Gasteiger partial charge < -0.3 is 11.1 Å². The molecule has 1 heterocycles. The van der Waals surface area contributed by atoms with Crippen LogP contribution in [0.5, 0.6) is 0 Å². The number of thioether (sulfide) groups is 1. The molecule has 1 aromatic carbocycles. The number of hydrogen-bond acceptors (Lipinski definition) is 4. The van der Waals surface area contributed by atoms with Gasteiger partial charge in [0.1, 0.15) is 5.25 Å². The van der Waals surface area contributed by atoms with Crippen molar-refractivity contribution in [3.05, 3.63) is 29.8 Å². The Hall–Kier alpha value is -1.82. The summed E-state index contributed by atoms with van der Waals surface area (Å²) in [6.07, 6.45) is 1.04. The molecule has 5 nitrogen and oxygen atoms in total. The van der Waals surface area contributed by atoms with Crippen LogP contribution in [-0.4, -0.2) is 22.2 Å². The van der Waals surface area contributed by atoms with E-state index in [4.69, 9.17) is 5.73 Å². The summed E-state index contributed by atoms with van der Waals surface area (Å²) in [6, 6.07) is 7.63. The maximum atomic E-state index is 12.0. The van der Waals surface area contributed by atoms with E-state index in [1.165, 1.54) is 5.56 Å². The number of amidine groups is 1. The van der Waals surface area contributed by atoms with Crippen LogP contribution in [-0.2, 0) is 16.0 Å². The van der Waals surface area contributed by atoms with Crippen LogP contribution < -0.4 is 11.1 Å². The largest absolute Gasteiger partial charge is 0.378 e. The average Bonchev–Trinajstić information content (AvgIpc) is 2.38. The molecule has 1 aromatic rings. The highest BCUT2D eigenvalue weighted by Crippen LogP contribution is 2.22. The number of nitrogens with one attached hydrogen (secondary N) is 1. The van der Waals surface area contributed by atoms with Crippen molar-refractivity contribution in [2.45, 2.75) is 25.0 Å². The number of aliphatic imine (C=N–C) groups is 1. The fourth-order valence-electron chi connectivity index (χ4n) is 1.73. The second kappa shape index (κ2) is 5.88. The lowest BCUT2D eigenvalue weighted by Crippen LogP contribution is -2.33. The van der Waals surface area contributed by atoms with Crippen molar-refractivity contribution in [2.24, 2.45) is 10.7 Å². The average molecular weight is 277 g/mol. The molecule has 2 amide bonds. The molecule has 0 aromatic heterocycles. The maximum absolute atomic E-state index is 12.0. The molecular weight excluding hydrogens is 262 g/mol. The summed E-state index contributed by atoms with van der Waals surface area (Å²) < 4.78 is 0.